The van der Waals surface area contributed by atoms with Gasteiger partial charge in [0, 0.05) is 19.2 Å². The van der Waals surface area contributed by atoms with E-state index in [4.69, 9.17) is 0 Å². The summed E-state index contributed by atoms with van der Waals surface area (Å²) in [6.07, 6.45) is 3.94. The molecule has 0 fully saturated rings. The quantitative estimate of drug-likeness (QED) is 0.804. The molecule has 1 aromatic carbocycles. The first-order chi connectivity index (χ1) is 10.1. The number of nitrogens with zero attached hydrogens (tertiary/aromatic N) is 2. The largest absolute Gasteiger partial charge is 0.480 e. The average Bonchev–Trinajstić information content (AvgIpc) is 2.90. The Labute approximate surface area is 132 Å². The molecule has 0 saturated carbocycles. The Morgan fingerprint density at radius 1 is 1.43 bits per heavy atom. The number of nitrogens with one attached hydrogen (secondary N) is 1. The standard InChI is InChI=1S/C15H18BrN3O2/c1-2-17-15(14(20)21,12-6-4-3-5-7-12)8-9-19-11-13(16)10-18-19/h3-7,10-11,17H,2,8-9H2,1H3,(H,20,21). The van der Waals surface area contributed by atoms with Gasteiger partial charge >= 0.3 is 5.97 Å². The smallest absolute Gasteiger partial charge is 0.328 e. The van der Waals surface area contributed by atoms with E-state index in [2.05, 4.69) is 26.3 Å². The van der Waals surface area contributed by atoms with E-state index in [9.17, 15) is 9.90 Å². The van der Waals surface area contributed by atoms with Crippen LogP contribution in [0.1, 0.15) is 18.9 Å². The van der Waals surface area contributed by atoms with E-state index < -0.39 is 11.5 Å². The minimum atomic E-state index is -1.10. The second-order valence-electron chi connectivity index (χ2n) is 4.78. The molecule has 0 bridgehead atoms. The molecule has 5 nitrogen and oxygen atoms in total. The fourth-order valence-corrected chi connectivity index (χ4v) is 2.74. The van der Waals surface area contributed by atoms with Crippen LogP contribution in [0.4, 0.5) is 0 Å². The van der Waals surface area contributed by atoms with Crippen molar-refractivity contribution in [1.29, 1.82) is 0 Å². The summed E-state index contributed by atoms with van der Waals surface area (Å²) in [4.78, 5) is 11.9. The fourth-order valence-electron chi connectivity index (χ4n) is 2.41. The summed E-state index contributed by atoms with van der Waals surface area (Å²) in [5, 5.41) is 17.1. The number of rotatable bonds is 7. The Morgan fingerprint density at radius 2 is 2.14 bits per heavy atom. The number of carbonyl (C=O) groups is 1. The van der Waals surface area contributed by atoms with Gasteiger partial charge in [-0.2, -0.15) is 5.10 Å². The number of benzene rings is 1. The Balaban J connectivity index is 2.28. The van der Waals surface area contributed by atoms with Crippen LogP contribution >= 0.6 is 15.9 Å². The molecule has 0 radical (unpaired) electrons. The summed E-state index contributed by atoms with van der Waals surface area (Å²) in [6, 6.07) is 9.28. The van der Waals surface area contributed by atoms with Gasteiger partial charge in [-0.3, -0.25) is 10.00 Å². The molecule has 2 N–H and O–H groups in total. The van der Waals surface area contributed by atoms with Gasteiger partial charge in [-0.1, -0.05) is 37.3 Å². The number of carboxylic acids is 1. The van der Waals surface area contributed by atoms with Gasteiger partial charge in [0.25, 0.3) is 0 Å². The first-order valence-electron chi connectivity index (χ1n) is 6.80. The highest BCUT2D eigenvalue weighted by molar-refractivity contribution is 9.10. The third-order valence-electron chi connectivity index (χ3n) is 3.43. The zero-order valence-electron chi connectivity index (χ0n) is 11.8. The molecule has 0 amide bonds. The highest BCUT2D eigenvalue weighted by Crippen LogP contribution is 2.26. The van der Waals surface area contributed by atoms with E-state index in [1.54, 1.807) is 10.9 Å². The molecule has 1 atom stereocenters. The number of aryl methyl sites for hydroxylation is 1. The lowest BCUT2D eigenvalue weighted by Gasteiger charge is -2.31. The van der Waals surface area contributed by atoms with E-state index in [1.165, 1.54) is 0 Å². The van der Waals surface area contributed by atoms with E-state index in [0.717, 1.165) is 10.0 Å². The SMILES string of the molecule is CCNC(CCn1cc(Br)cn1)(C(=O)O)c1ccccc1. The van der Waals surface area contributed by atoms with Crippen molar-refractivity contribution in [1.82, 2.24) is 15.1 Å². The van der Waals surface area contributed by atoms with Gasteiger partial charge in [0.1, 0.15) is 5.54 Å². The molecule has 0 aliphatic heterocycles. The molecular formula is C15H18BrN3O2. The number of hydrogen-bond donors (Lipinski definition) is 2. The molecule has 2 rings (SSSR count). The van der Waals surface area contributed by atoms with Crippen LogP contribution in [-0.4, -0.2) is 27.4 Å². The monoisotopic (exact) mass is 351 g/mol. The van der Waals surface area contributed by atoms with Crippen LogP contribution in [-0.2, 0) is 16.9 Å². The molecule has 112 valence electrons. The average molecular weight is 352 g/mol. The second kappa shape index (κ2) is 6.87. The number of halogens is 1. The molecule has 0 aliphatic carbocycles. The maximum atomic E-state index is 11.9. The summed E-state index contributed by atoms with van der Waals surface area (Å²) in [7, 11) is 0. The van der Waals surface area contributed by atoms with Crippen LogP contribution in [0.15, 0.2) is 47.2 Å². The van der Waals surface area contributed by atoms with Crippen molar-refractivity contribution in [2.75, 3.05) is 6.54 Å². The van der Waals surface area contributed by atoms with Gasteiger partial charge in [-0.05, 0) is 28.0 Å². The summed E-state index contributed by atoms with van der Waals surface area (Å²) < 4.78 is 2.62. The van der Waals surface area contributed by atoms with Crippen LogP contribution < -0.4 is 5.32 Å². The summed E-state index contributed by atoms with van der Waals surface area (Å²) in [5.41, 5.74) is -0.348. The highest BCUT2D eigenvalue weighted by atomic mass is 79.9. The molecule has 0 aliphatic rings. The molecule has 21 heavy (non-hydrogen) atoms. The lowest BCUT2D eigenvalue weighted by molar-refractivity contribution is -0.146. The molecular weight excluding hydrogens is 334 g/mol. The van der Waals surface area contributed by atoms with Crippen molar-refractivity contribution in [3.63, 3.8) is 0 Å². The van der Waals surface area contributed by atoms with Gasteiger partial charge in [-0.15, -0.1) is 0 Å². The van der Waals surface area contributed by atoms with E-state index in [0.29, 0.717) is 19.5 Å². The van der Waals surface area contributed by atoms with Crippen molar-refractivity contribution in [3.05, 3.63) is 52.8 Å². The van der Waals surface area contributed by atoms with Crippen molar-refractivity contribution in [2.24, 2.45) is 0 Å². The van der Waals surface area contributed by atoms with Gasteiger partial charge in [0.15, 0.2) is 0 Å². The third-order valence-corrected chi connectivity index (χ3v) is 3.84. The summed E-state index contributed by atoms with van der Waals surface area (Å²) in [5.74, 6) is -0.873. The fraction of sp³-hybridized carbons (Fsp3) is 0.333. The molecule has 1 heterocycles. The van der Waals surface area contributed by atoms with Crippen molar-refractivity contribution >= 4 is 21.9 Å². The predicted octanol–water partition coefficient (Wildman–Crippen LogP) is 2.63. The van der Waals surface area contributed by atoms with Crippen LogP contribution in [0.2, 0.25) is 0 Å². The van der Waals surface area contributed by atoms with Crippen LogP contribution in [0.25, 0.3) is 0 Å². The van der Waals surface area contributed by atoms with E-state index in [-0.39, 0.29) is 0 Å². The van der Waals surface area contributed by atoms with Gasteiger partial charge in [0.05, 0.1) is 10.7 Å². The Kier molecular flexibility index (Phi) is 5.14. The van der Waals surface area contributed by atoms with Crippen LogP contribution in [0, 0.1) is 0 Å². The number of aromatic nitrogens is 2. The van der Waals surface area contributed by atoms with Gasteiger partial charge in [0.2, 0.25) is 0 Å². The van der Waals surface area contributed by atoms with Crippen LogP contribution in [0.3, 0.4) is 0 Å². The second-order valence-corrected chi connectivity index (χ2v) is 5.69. The molecule has 1 aromatic heterocycles. The third kappa shape index (κ3) is 3.51. The number of likely N-dealkylation sites (N-methyl/N-ethyl adjacent to an activating group) is 1. The van der Waals surface area contributed by atoms with E-state index >= 15 is 0 Å². The minimum Gasteiger partial charge on any atom is -0.480 e. The Morgan fingerprint density at radius 3 is 2.67 bits per heavy atom. The predicted molar refractivity (Wildman–Crippen MR) is 84.0 cm³/mol. The van der Waals surface area contributed by atoms with Crippen molar-refractivity contribution in [2.45, 2.75) is 25.4 Å². The molecule has 0 saturated heterocycles. The first kappa shape index (κ1) is 15.7. The molecule has 2 aromatic rings. The Hall–Kier alpha value is -1.66. The topological polar surface area (TPSA) is 67.2 Å². The van der Waals surface area contributed by atoms with Gasteiger partial charge in [-0.25, -0.2) is 4.79 Å². The van der Waals surface area contributed by atoms with Gasteiger partial charge < -0.3 is 5.11 Å². The maximum absolute atomic E-state index is 11.9. The summed E-state index contributed by atoms with van der Waals surface area (Å²) in [6.45, 7) is 2.99. The lowest BCUT2D eigenvalue weighted by Crippen LogP contribution is -2.49. The van der Waals surface area contributed by atoms with Crippen molar-refractivity contribution < 1.29 is 9.90 Å². The normalized spacial score (nSPS) is 13.8. The summed E-state index contributed by atoms with van der Waals surface area (Å²) >= 11 is 3.34. The zero-order valence-corrected chi connectivity index (χ0v) is 13.4. The van der Waals surface area contributed by atoms with Crippen LogP contribution in [0.5, 0.6) is 0 Å². The van der Waals surface area contributed by atoms with Crippen molar-refractivity contribution in [3.8, 4) is 0 Å². The minimum absolute atomic E-state index is 0.411. The molecule has 6 heteroatoms. The van der Waals surface area contributed by atoms with E-state index in [1.807, 2.05) is 43.5 Å². The highest BCUT2D eigenvalue weighted by Gasteiger charge is 2.39. The first-order valence-corrected chi connectivity index (χ1v) is 7.59. The Bertz CT molecular complexity index is 600. The number of carboxylic acid groups (broad SMARTS) is 1. The molecule has 1 unspecified atom stereocenters. The molecule has 0 spiro atoms. The number of aliphatic carboxylic acids is 1. The lowest BCUT2D eigenvalue weighted by atomic mass is 9.86. The maximum Gasteiger partial charge on any atom is 0.328 e. The zero-order chi connectivity index (χ0) is 15.3. The number of hydrogen-bond acceptors (Lipinski definition) is 3.